The summed E-state index contributed by atoms with van der Waals surface area (Å²) in [6.45, 7) is 0. The van der Waals surface area contributed by atoms with Gasteiger partial charge in [0.2, 0.25) is 0 Å². The van der Waals surface area contributed by atoms with Crippen molar-refractivity contribution in [3.8, 4) is 0 Å². The van der Waals surface area contributed by atoms with Gasteiger partial charge < -0.3 is 0 Å². The maximum Gasteiger partial charge on any atom is 0.179 e. The van der Waals surface area contributed by atoms with Crippen molar-refractivity contribution in [2.45, 2.75) is 15.7 Å². The van der Waals surface area contributed by atoms with Gasteiger partial charge in [0.25, 0.3) is 0 Å². The summed E-state index contributed by atoms with van der Waals surface area (Å²) in [5, 5.41) is 0. The Bertz CT molecular complexity index is 741. The molecule has 0 N–H and O–H groups in total. The topological polar surface area (TPSA) is 34.1 Å². The van der Waals surface area contributed by atoms with Crippen LogP contribution in [0.5, 0.6) is 0 Å². The Morgan fingerprint density at radius 3 is 2.75 bits per heavy atom. The fourth-order valence-corrected chi connectivity index (χ4v) is 5.39. The second-order valence-electron chi connectivity index (χ2n) is 4.78. The minimum atomic E-state index is -3.46. The molecule has 1 heterocycles. The Morgan fingerprint density at radius 1 is 1.15 bits per heavy atom. The Morgan fingerprint density at radius 2 is 1.95 bits per heavy atom. The molecule has 0 fully saturated rings. The monoisotopic (exact) mass is 308 g/mol. The van der Waals surface area contributed by atoms with Gasteiger partial charge in [0.1, 0.15) is 5.82 Å². The highest BCUT2D eigenvalue weighted by Gasteiger charge is 2.28. The average Bonchev–Trinajstić information content (AvgIpc) is 2.82. The number of benzene rings is 2. The third-order valence-corrected chi connectivity index (χ3v) is 6.44. The van der Waals surface area contributed by atoms with Crippen LogP contribution in [0.2, 0.25) is 0 Å². The lowest BCUT2D eigenvalue weighted by Crippen LogP contribution is -2.15. The van der Waals surface area contributed by atoms with E-state index >= 15 is 0 Å². The van der Waals surface area contributed by atoms with Gasteiger partial charge in [0.15, 0.2) is 9.84 Å². The van der Waals surface area contributed by atoms with Crippen LogP contribution in [0.25, 0.3) is 0 Å². The van der Waals surface area contributed by atoms with E-state index in [2.05, 4.69) is 0 Å². The standard InChI is InChI=1S/C15H13FO2S2/c16-12-4-3-5-13(8-12)20(17,18)10-11-9-19-15-7-2-1-6-14(11)15/h1-8,11H,9-10H2. The molecule has 1 aliphatic rings. The van der Waals surface area contributed by atoms with Gasteiger partial charge in [-0.25, -0.2) is 12.8 Å². The summed E-state index contributed by atoms with van der Waals surface area (Å²) in [5.74, 6) is 0.241. The smallest absolute Gasteiger partial charge is 0.179 e. The van der Waals surface area contributed by atoms with Crippen LogP contribution >= 0.6 is 11.8 Å². The fraction of sp³-hybridized carbons (Fsp3) is 0.200. The Balaban J connectivity index is 1.89. The lowest BCUT2D eigenvalue weighted by Gasteiger charge is -2.11. The second-order valence-corrected chi connectivity index (χ2v) is 7.88. The molecule has 0 bridgehead atoms. The first-order chi connectivity index (χ1) is 9.56. The Kier molecular flexibility index (Phi) is 3.56. The molecule has 1 aliphatic heterocycles. The molecule has 0 saturated heterocycles. The van der Waals surface area contributed by atoms with Crippen molar-refractivity contribution in [1.29, 1.82) is 0 Å². The highest BCUT2D eigenvalue weighted by molar-refractivity contribution is 7.99. The number of halogens is 1. The van der Waals surface area contributed by atoms with Gasteiger partial charge >= 0.3 is 0 Å². The second kappa shape index (κ2) is 5.22. The van der Waals surface area contributed by atoms with Crippen molar-refractivity contribution in [2.24, 2.45) is 0 Å². The molecule has 20 heavy (non-hydrogen) atoms. The molecular formula is C15H13FO2S2. The van der Waals surface area contributed by atoms with E-state index < -0.39 is 15.7 Å². The first-order valence-electron chi connectivity index (χ1n) is 6.26. The molecule has 0 amide bonds. The highest BCUT2D eigenvalue weighted by atomic mass is 32.2. The first-order valence-corrected chi connectivity index (χ1v) is 8.90. The highest BCUT2D eigenvalue weighted by Crippen LogP contribution is 2.40. The van der Waals surface area contributed by atoms with Crippen LogP contribution in [-0.2, 0) is 9.84 Å². The van der Waals surface area contributed by atoms with Gasteiger partial charge in [-0.05, 0) is 29.8 Å². The lowest BCUT2D eigenvalue weighted by molar-refractivity contribution is 0.586. The van der Waals surface area contributed by atoms with E-state index in [4.69, 9.17) is 0 Å². The average molecular weight is 308 g/mol. The molecule has 1 unspecified atom stereocenters. The Labute approximate surface area is 121 Å². The van der Waals surface area contributed by atoms with Gasteiger partial charge in [-0.15, -0.1) is 11.8 Å². The van der Waals surface area contributed by atoms with Crippen molar-refractivity contribution in [3.63, 3.8) is 0 Å². The molecule has 5 heteroatoms. The fourth-order valence-electron chi connectivity index (χ4n) is 2.39. The van der Waals surface area contributed by atoms with E-state index in [-0.39, 0.29) is 16.6 Å². The summed E-state index contributed by atoms with van der Waals surface area (Å²) >= 11 is 1.68. The zero-order valence-corrected chi connectivity index (χ0v) is 12.3. The maximum absolute atomic E-state index is 13.2. The van der Waals surface area contributed by atoms with Gasteiger partial charge in [0, 0.05) is 16.6 Å². The minimum absolute atomic E-state index is 0.0236. The minimum Gasteiger partial charge on any atom is -0.224 e. The quantitative estimate of drug-likeness (QED) is 0.870. The molecule has 2 aromatic rings. The van der Waals surface area contributed by atoms with Crippen molar-refractivity contribution in [2.75, 3.05) is 11.5 Å². The SMILES string of the molecule is O=S(=O)(CC1CSc2ccccc21)c1cccc(F)c1. The summed E-state index contributed by atoms with van der Waals surface area (Å²) in [6, 6.07) is 13.1. The van der Waals surface area contributed by atoms with Crippen molar-refractivity contribution < 1.29 is 12.8 Å². The molecule has 3 rings (SSSR count). The summed E-state index contributed by atoms with van der Waals surface area (Å²) in [6.07, 6.45) is 0. The number of thioether (sulfide) groups is 1. The molecule has 2 nitrogen and oxygen atoms in total. The van der Waals surface area contributed by atoms with Crippen LogP contribution in [0, 0.1) is 5.82 Å². The number of fused-ring (bicyclic) bond motifs is 1. The molecular weight excluding hydrogens is 295 g/mol. The van der Waals surface area contributed by atoms with Crippen molar-refractivity contribution in [1.82, 2.24) is 0 Å². The van der Waals surface area contributed by atoms with E-state index in [1.165, 1.54) is 18.2 Å². The zero-order valence-electron chi connectivity index (χ0n) is 10.6. The van der Waals surface area contributed by atoms with E-state index in [0.717, 1.165) is 22.3 Å². The lowest BCUT2D eigenvalue weighted by atomic mass is 10.0. The summed E-state index contributed by atoms with van der Waals surface area (Å²) in [5.41, 5.74) is 1.08. The third kappa shape index (κ3) is 2.60. The number of rotatable bonds is 3. The summed E-state index contributed by atoms with van der Waals surface area (Å²) in [4.78, 5) is 1.21. The van der Waals surface area contributed by atoms with Gasteiger partial charge in [-0.3, -0.25) is 0 Å². The zero-order chi connectivity index (χ0) is 14.2. The first kappa shape index (κ1) is 13.6. The predicted molar refractivity (Wildman–Crippen MR) is 78.4 cm³/mol. The van der Waals surface area contributed by atoms with Crippen LogP contribution in [0.4, 0.5) is 4.39 Å². The van der Waals surface area contributed by atoms with Crippen LogP contribution in [-0.4, -0.2) is 19.9 Å². The maximum atomic E-state index is 13.2. The van der Waals surface area contributed by atoms with E-state index in [1.807, 2.05) is 24.3 Å². The number of sulfone groups is 1. The van der Waals surface area contributed by atoms with Crippen LogP contribution < -0.4 is 0 Å². The molecule has 2 aromatic carbocycles. The predicted octanol–water partition coefficient (Wildman–Crippen LogP) is 3.49. The van der Waals surface area contributed by atoms with Crippen LogP contribution in [0.1, 0.15) is 11.5 Å². The third-order valence-electron chi connectivity index (χ3n) is 3.37. The number of hydrogen-bond acceptors (Lipinski definition) is 3. The molecule has 104 valence electrons. The van der Waals surface area contributed by atoms with Gasteiger partial charge in [-0.2, -0.15) is 0 Å². The van der Waals surface area contributed by atoms with E-state index in [9.17, 15) is 12.8 Å². The normalized spacial score (nSPS) is 17.9. The van der Waals surface area contributed by atoms with Crippen LogP contribution in [0.15, 0.2) is 58.3 Å². The van der Waals surface area contributed by atoms with Crippen molar-refractivity contribution in [3.05, 3.63) is 59.9 Å². The molecule has 0 aromatic heterocycles. The van der Waals surface area contributed by atoms with Crippen molar-refractivity contribution >= 4 is 21.6 Å². The largest absolute Gasteiger partial charge is 0.224 e. The molecule has 1 atom stereocenters. The summed E-state index contributed by atoms with van der Waals surface area (Å²) in [7, 11) is -3.46. The van der Waals surface area contributed by atoms with Gasteiger partial charge in [-0.1, -0.05) is 24.3 Å². The molecule has 0 spiro atoms. The van der Waals surface area contributed by atoms with E-state index in [1.54, 1.807) is 11.8 Å². The van der Waals surface area contributed by atoms with Crippen LogP contribution in [0.3, 0.4) is 0 Å². The Hall–Kier alpha value is -1.33. The molecule has 0 saturated carbocycles. The molecule has 0 aliphatic carbocycles. The molecule has 0 radical (unpaired) electrons. The van der Waals surface area contributed by atoms with Gasteiger partial charge in [0.05, 0.1) is 10.6 Å². The van der Waals surface area contributed by atoms with E-state index in [0.29, 0.717) is 0 Å². The summed E-state index contributed by atoms with van der Waals surface area (Å²) < 4.78 is 37.9. The number of hydrogen-bond donors (Lipinski definition) is 0.